The molecule has 25 heavy (non-hydrogen) atoms. The summed E-state index contributed by atoms with van der Waals surface area (Å²) in [6.45, 7) is 3.72. The van der Waals surface area contributed by atoms with E-state index in [9.17, 15) is 9.90 Å². The fraction of sp³-hybridized carbons (Fsp3) is 0.278. The predicted octanol–water partition coefficient (Wildman–Crippen LogP) is 1.98. The van der Waals surface area contributed by atoms with Gasteiger partial charge in [0, 0.05) is 17.7 Å². The van der Waals surface area contributed by atoms with Gasteiger partial charge in [0.25, 0.3) is 5.91 Å². The van der Waals surface area contributed by atoms with Crippen LogP contribution in [0.5, 0.6) is 5.75 Å². The van der Waals surface area contributed by atoms with Crippen molar-refractivity contribution in [3.05, 3.63) is 53.6 Å². The van der Waals surface area contributed by atoms with E-state index in [-0.39, 0.29) is 12.5 Å². The number of nitrogens with zero attached hydrogens (tertiary/aromatic N) is 3. The van der Waals surface area contributed by atoms with Crippen LogP contribution >= 0.6 is 0 Å². The van der Waals surface area contributed by atoms with E-state index in [1.807, 2.05) is 26.0 Å². The normalized spacial score (nSPS) is 18.8. The first kappa shape index (κ1) is 15.6. The zero-order valence-corrected chi connectivity index (χ0v) is 14.0. The fourth-order valence-electron chi connectivity index (χ4n) is 3.11. The van der Waals surface area contributed by atoms with Crippen molar-refractivity contribution in [2.45, 2.75) is 25.9 Å². The van der Waals surface area contributed by atoms with Crippen LogP contribution in [-0.2, 0) is 6.42 Å². The predicted molar refractivity (Wildman–Crippen MR) is 91.9 cm³/mol. The minimum atomic E-state index is -0.605. The lowest BCUT2D eigenvalue weighted by Gasteiger charge is -2.20. The van der Waals surface area contributed by atoms with E-state index in [0.717, 1.165) is 28.1 Å². The number of aromatic nitrogens is 3. The quantitative estimate of drug-likeness (QED) is 0.762. The Morgan fingerprint density at radius 3 is 3.08 bits per heavy atom. The number of amides is 1. The standard InChI is InChI=1S/C18H18N4O3/c1-11-5-16-12(7-18(2,9-23)25-16)6-14(11)21-17(24)15-4-3-13-8-19-10-20-22(13)15/h3-6,8,10,23H,7,9H2,1-2H3,(H,21,24)/t18-/m0/s1. The summed E-state index contributed by atoms with van der Waals surface area (Å²) in [7, 11) is 0. The number of benzene rings is 1. The monoisotopic (exact) mass is 338 g/mol. The number of hydrogen-bond donors (Lipinski definition) is 2. The second-order valence-corrected chi connectivity index (χ2v) is 6.58. The van der Waals surface area contributed by atoms with Gasteiger partial charge in [-0.05, 0) is 43.7 Å². The highest BCUT2D eigenvalue weighted by molar-refractivity contribution is 6.04. The lowest BCUT2D eigenvalue weighted by molar-refractivity contribution is 0.0446. The van der Waals surface area contributed by atoms with Crippen molar-refractivity contribution >= 4 is 17.1 Å². The van der Waals surface area contributed by atoms with E-state index in [1.54, 1.807) is 22.8 Å². The van der Waals surface area contributed by atoms with Crippen LogP contribution < -0.4 is 10.1 Å². The Bertz CT molecular complexity index is 982. The molecule has 1 aromatic carbocycles. The average Bonchev–Trinajstić information content (AvgIpc) is 3.16. The second kappa shape index (κ2) is 5.56. The molecule has 128 valence electrons. The Labute approximate surface area is 144 Å². The topological polar surface area (TPSA) is 88.8 Å². The molecule has 0 radical (unpaired) electrons. The van der Waals surface area contributed by atoms with E-state index < -0.39 is 5.60 Å². The smallest absolute Gasteiger partial charge is 0.274 e. The molecule has 2 aromatic heterocycles. The molecular weight excluding hydrogens is 320 g/mol. The molecule has 1 amide bonds. The number of anilines is 1. The maximum Gasteiger partial charge on any atom is 0.274 e. The number of ether oxygens (including phenoxy) is 1. The van der Waals surface area contributed by atoms with Gasteiger partial charge in [-0.15, -0.1) is 0 Å². The fourth-order valence-corrected chi connectivity index (χ4v) is 3.11. The maximum absolute atomic E-state index is 12.7. The van der Waals surface area contributed by atoms with Crippen molar-refractivity contribution < 1.29 is 14.6 Å². The Morgan fingerprint density at radius 2 is 2.28 bits per heavy atom. The summed E-state index contributed by atoms with van der Waals surface area (Å²) in [6, 6.07) is 7.32. The summed E-state index contributed by atoms with van der Waals surface area (Å²) >= 11 is 0. The van der Waals surface area contributed by atoms with Crippen molar-refractivity contribution in [1.29, 1.82) is 0 Å². The molecule has 0 saturated heterocycles. The summed E-state index contributed by atoms with van der Waals surface area (Å²) in [5.74, 6) is 0.513. The van der Waals surface area contributed by atoms with Crippen molar-refractivity contribution in [3.8, 4) is 5.75 Å². The van der Waals surface area contributed by atoms with Crippen molar-refractivity contribution in [3.63, 3.8) is 0 Å². The van der Waals surface area contributed by atoms with Crippen LogP contribution in [0, 0.1) is 6.92 Å². The van der Waals surface area contributed by atoms with Crippen molar-refractivity contribution in [2.75, 3.05) is 11.9 Å². The van der Waals surface area contributed by atoms with E-state index in [4.69, 9.17) is 4.74 Å². The van der Waals surface area contributed by atoms with Crippen molar-refractivity contribution in [2.24, 2.45) is 0 Å². The van der Waals surface area contributed by atoms with Gasteiger partial charge in [0.1, 0.15) is 23.4 Å². The first-order valence-corrected chi connectivity index (χ1v) is 8.02. The van der Waals surface area contributed by atoms with Crippen LogP contribution in [0.3, 0.4) is 0 Å². The van der Waals surface area contributed by atoms with Gasteiger partial charge in [0.05, 0.1) is 18.3 Å². The van der Waals surface area contributed by atoms with Crippen molar-refractivity contribution in [1.82, 2.24) is 14.6 Å². The molecule has 4 rings (SSSR count). The first-order valence-electron chi connectivity index (χ1n) is 8.02. The molecule has 3 heterocycles. The van der Waals surface area contributed by atoms with Crippen LogP contribution in [0.15, 0.2) is 36.8 Å². The molecule has 0 saturated carbocycles. The largest absolute Gasteiger partial charge is 0.485 e. The lowest BCUT2D eigenvalue weighted by Crippen LogP contribution is -2.34. The average molecular weight is 338 g/mol. The second-order valence-electron chi connectivity index (χ2n) is 6.58. The van der Waals surface area contributed by atoms with Crippen LogP contribution in [0.1, 0.15) is 28.5 Å². The highest BCUT2D eigenvalue weighted by Crippen LogP contribution is 2.38. The highest BCUT2D eigenvalue weighted by atomic mass is 16.5. The summed E-state index contributed by atoms with van der Waals surface area (Å²) in [5, 5.41) is 16.6. The minimum absolute atomic E-state index is 0.0573. The van der Waals surface area contributed by atoms with Gasteiger partial charge >= 0.3 is 0 Å². The third kappa shape index (κ3) is 2.62. The van der Waals surface area contributed by atoms with Crippen LogP contribution in [0.25, 0.3) is 5.52 Å². The molecule has 1 aliphatic rings. The summed E-state index contributed by atoms with van der Waals surface area (Å²) in [6.07, 6.45) is 3.65. The van der Waals surface area contributed by atoms with Crippen LogP contribution in [0.4, 0.5) is 5.69 Å². The van der Waals surface area contributed by atoms with Gasteiger partial charge < -0.3 is 15.2 Å². The van der Waals surface area contributed by atoms with Crippen LogP contribution in [0.2, 0.25) is 0 Å². The van der Waals surface area contributed by atoms with E-state index in [1.165, 1.54) is 6.33 Å². The molecule has 1 aliphatic heterocycles. The van der Waals surface area contributed by atoms with Gasteiger partial charge in [-0.1, -0.05) is 0 Å². The third-order valence-electron chi connectivity index (χ3n) is 4.47. The Kier molecular flexibility index (Phi) is 3.47. The number of rotatable bonds is 3. The van der Waals surface area contributed by atoms with Gasteiger partial charge in [0.2, 0.25) is 0 Å². The molecule has 2 N–H and O–H groups in total. The number of hydrogen-bond acceptors (Lipinski definition) is 5. The number of nitrogens with one attached hydrogen (secondary N) is 1. The SMILES string of the molecule is Cc1cc2c(cc1NC(=O)c1ccc3cncnn13)C[C@@](C)(CO)O2. The number of fused-ring (bicyclic) bond motifs is 2. The minimum Gasteiger partial charge on any atom is -0.485 e. The summed E-state index contributed by atoms with van der Waals surface area (Å²) < 4.78 is 7.38. The Morgan fingerprint density at radius 1 is 1.44 bits per heavy atom. The highest BCUT2D eigenvalue weighted by Gasteiger charge is 2.34. The van der Waals surface area contributed by atoms with E-state index in [2.05, 4.69) is 15.4 Å². The Balaban J connectivity index is 1.64. The maximum atomic E-state index is 12.7. The van der Waals surface area contributed by atoms with Crippen LogP contribution in [-0.4, -0.2) is 37.8 Å². The number of aryl methyl sites for hydroxylation is 1. The van der Waals surface area contributed by atoms with E-state index in [0.29, 0.717) is 12.1 Å². The molecule has 0 aliphatic carbocycles. The zero-order valence-electron chi connectivity index (χ0n) is 14.0. The molecule has 0 unspecified atom stereocenters. The molecule has 3 aromatic rings. The molecule has 7 nitrogen and oxygen atoms in total. The molecule has 0 bridgehead atoms. The molecule has 0 spiro atoms. The van der Waals surface area contributed by atoms with Gasteiger partial charge in [-0.3, -0.25) is 4.79 Å². The Hall–Kier alpha value is -2.93. The van der Waals surface area contributed by atoms with E-state index >= 15 is 0 Å². The molecule has 7 heteroatoms. The third-order valence-corrected chi connectivity index (χ3v) is 4.47. The van der Waals surface area contributed by atoms with Gasteiger partial charge in [0.15, 0.2) is 0 Å². The zero-order chi connectivity index (χ0) is 17.6. The number of aliphatic hydroxyl groups excluding tert-OH is 1. The number of carbonyl (C=O) groups is 1. The number of aliphatic hydroxyl groups is 1. The van der Waals surface area contributed by atoms with Gasteiger partial charge in [-0.25, -0.2) is 9.50 Å². The summed E-state index contributed by atoms with van der Waals surface area (Å²) in [4.78, 5) is 16.6. The molecule has 1 atom stereocenters. The molecule has 0 fully saturated rings. The molecular formula is C18H18N4O3. The van der Waals surface area contributed by atoms with Gasteiger partial charge in [-0.2, -0.15) is 5.10 Å². The number of carbonyl (C=O) groups excluding carboxylic acids is 1. The first-order chi connectivity index (χ1) is 12.0. The lowest BCUT2D eigenvalue weighted by atomic mass is 9.99. The summed E-state index contributed by atoms with van der Waals surface area (Å²) in [5.41, 5.74) is 3.17.